The van der Waals surface area contributed by atoms with Crippen molar-refractivity contribution in [1.29, 1.82) is 5.26 Å². The van der Waals surface area contributed by atoms with Crippen molar-refractivity contribution in [3.63, 3.8) is 0 Å². The topological polar surface area (TPSA) is 23.8 Å². The summed E-state index contributed by atoms with van der Waals surface area (Å²) in [5.74, 6) is 0.0282. The molecule has 0 aliphatic heterocycles. The lowest BCUT2D eigenvalue weighted by Crippen LogP contribution is -1.96. The molecule has 0 spiro atoms. The van der Waals surface area contributed by atoms with Crippen LogP contribution in [0.25, 0.3) is 0 Å². The van der Waals surface area contributed by atoms with Crippen molar-refractivity contribution in [2.75, 3.05) is 0 Å². The van der Waals surface area contributed by atoms with Gasteiger partial charge in [-0.2, -0.15) is 5.26 Å². The SMILES string of the molecule is CCC(C#N)c1cc(C)c(Br)c(C)c1. The van der Waals surface area contributed by atoms with Gasteiger partial charge in [-0.05, 0) is 37.0 Å². The highest BCUT2D eigenvalue weighted by Gasteiger charge is 2.10. The van der Waals surface area contributed by atoms with Crippen LogP contribution in [0.3, 0.4) is 0 Å². The highest BCUT2D eigenvalue weighted by Crippen LogP contribution is 2.27. The Morgan fingerprint density at radius 2 is 1.86 bits per heavy atom. The van der Waals surface area contributed by atoms with E-state index < -0.39 is 0 Å². The van der Waals surface area contributed by atoms with Gasteiger partial charge in [0.15, 0.2) is 0 Å². The summed E-state index contributed by atoms with van der Waals surface area (Å²) in [4.78, 5) is 0. The molecule has 0 aliphatic carbocycles. The Bertz CT molecular complexity index is 353. The Morgan fingerprint density at radius 1 is 1.36 bits per heavy atom. The van der Waals surface area contributed by atoms with Gasteiger partial charge in [0.05, 0.1) is 12.0 Å². The van der Waals surface area contributed by atoms with Crippen molar-refractivity contribution < 1.29 is 0 Å². The van der Waals surface area contributed by atoms with Gasteiger partial charge in [0.2, 0.25) is 0 Å². The van der Waals surface area contributed by atoms with Crippen molar-refractivity contribution in [3.05, 3.63) is 33.3 Å². The Labute approximate surface area is 93.9 Å². The maximum absolute atomic E-state index is 8.97. The molecule has 1 atom stereocenters. The van der Waals surface area contributed by atoms with Gasteiger partial charge in [0, 0.05) is 4.47 Å². The van der Waals surface area contributed by atoms with Crippen LogP contribution in [-0.4, -0.2) is 0 Å². The van der Waals surface area contributed by atoms with Crippen LogP contribution in [0.4, 0.5) is 0 Å². The zero-order valence-corrected chi connectivity index (χ0v) is 10.4. The fourth-order valence-electron chi connectivity index (χ4n) is 1.58. The van der Waals surface area contributed by atoms with Gasteiger partial charge in [-0.3, -0.25) is 0 Å². The van der Waals surface area contributed by atoms with Crippen molar-refractivity contribution >= 4 is 15.9 Å². The molecule has 74 valence electrons. The molecule has 0 bridgehead atoms. The second-order valence-electron chi connectivity index (χ2n) is 3.56. The molecule has 0 aromatic heterocycles. The number of rotatable bonds is 2. The maximum atomic E-state index is 8.97. The number of halogens is 1. The average molecular weight is 252 g/mol. The third-order valence-electron chi connectivity index (χ3n) is 2.43. The minimum Gasteiger partial charge on any atom is -0.198 e. The van der Waals surface area contributed by atoms with Crippen LogP contribution < -0.4 is 0 Å². The van der Waals surface area contributed by atoms with E-state index in [4.69, 9.17) is 5.26 Å². The molecule has 0 amide bonds. The van der Waals surface area contributed by atoms with E-state index in [9.17, 15) is 0 Å². The molecule has 0 fully saturated rings. The van der Waals surface area contributed by atoms with E-state index >= 15 is 0 Å². The average Bonchev–Trinajstić information content (AvgIpc) is 2.16. The van der Waals surface area contributed by atoms with Gasteiger partial charge in [0.1, 0.15) is 0 Å². The normalized spacial score (nSPS) is 12.2. The second-order valence-corrected chi connectivity index (χ2v) is 4.35. The quantitative estimate of drug-likeness (QED) is 0.777. The summed E-state index contributed by atoms with van der Waals surface area (Å²) in [5.41, 5.74) is 3.54. The summed E-state index contributed by atoms with van der Waals surface area (Å²) in [6.45, 7) is 6.16. The highest BCUT2D eigenvalue weighted by atomic mass is 79.9. The Balaban J connectivity index is 3.19. The maximum Gasteiger partial charge on any atom is 0.0710 e. The summed E-state index contributed by atoms with van der Waals surface area (Å²) in [6, 6.07) is 6.51. The first-order valence-electron chi connectivity index (χ1n) is 4.76. The Kier molecular flexibility index (Phi) is 3.71. The molecule has 0 N–H and O–H groups in total. The molecule has 0 radical (unpaired) electrons. The fraction of sp³-hybridized carbons (Fsp3) is 0.417. The molecule has 1 nitrogen and oxygen atoms in total. The number of hydrogen-bond donors (Lipinski definition) is 0. The molecular weight excluding hydrogens is 238 g/mol. The lowest BCUT2D eigenvalue weighted by atomic mass is 9.95. The molecule has 1 aromatic rings. The number of hydrogen-bond acceptors (Lipinski definition) is 1. The van der Waals surface area contributed by atoms with Crippen LogP contribution in [0.5, 0.6) is 0 Å². The lowest BCUT2D eigenvalue weighted by Gasteiger charge is -2.10. The van der Waals surface area contributed by atoms with Gasteiger partial charge >= 0.3 is 0 Å². The molecule has 1 unspecified atom stereocenters. The van der Waals surface area contributed by atoms with Crippen molar-refractivity contribution in [2.24, 2.45) is 0 Å². The predicted octanol–water partition coefficient (Wildman–Crippen LogP) is 4.08. The van der Waals surface area contributed by atoms with Crippen LogP contribution in [0.15, 0.2) is 16.6 Å². The van der Waals surface area contributed by atoms with E-state index in [0.717, 1.165) is 16.5 Å². The molecular formula is C12H14BrN. The molecule has 0 heterocycles. The Morgan fingerprint density at radius 3 is 2.21 bits per heavy atom. The second kappa shape index (κ2) is 4.61. The third-order valence-corrected chi connectivity index (χ3v) is 3.68. The van der Waals surface area contributed by atoms with Crippen LogP contribution in [0.2, 0.25) is 0 Å². The third kappa shape index (κ3) is 2.16. The minimum atomic E-state index is 0.0282. The molecule has 1 rings (SSSR count). The van der Waals surface area contributed by atoms with Crippen molar-refractivity contribution in [1.82, 2.24) is 0 Å². The summed E-state index contributed by atoms with van der Waals surface area (Å²) >= 11 is 3.52. The monoisotopic (exact) mass is 251 g/mol. The van der Waals surface area contributed by atoms with Gasteiger partial charge in [-0.1, -0.05) is 35.0 Å². The van der Waals surface area contributed by atoms with E-state index in [2.05, 4.69) is 48.0 Å². The molecule has 14 heavy (non-hydrogen) atoms. The first-order valence-corrected chi connectivity index (χ1v) is 5.55. The molecule has 0 saturated carbocycles. The van der Waals surface area contributed by atoms with Gasteiger partial charge in [0.25, 0.3) is 0 Å². The smallest absolute Gasteiger partial charge is 0.0710 e. The van der Waals surface area contributed by atoms with Crippen molar-refractivity contribution in [2.45, 2.75) is 33.1 Å². The van der Waals surface area contributed by atoms with Crippen LogP contribution in [-0.2, 0) is 0 Å². The number of nitriles is 1. The van der Waals surface area contributed by atoms with Gasteiger partial charge in [-0.15, -0.1) is 0 Å². The standard InChI is InChI=1S/C12H14BrN/c1-4-10(7-14)11-5-8(2)12(13)9(3)6-11/h5-6,10H,4H2,1-3H3. The zero-order valence-electron chi connectivity index (χ0n) is 8.76. The van der Waals surface area contributed by atoms with E-state index in [1.807, 2.05) is 6.92 Å². The summed E-state index contributed by atoms with van der Waals surface area (Å²) in [6.07, 6.45) is 0.872. The Hall–Kier alpha value is -0.810. The lowest BCUT2D eigenvalue weighted by molar-refractivity contribution is 0.815. The molecule has 1 aromatic carbocycles. The number of benzene rings is 1. The summed E-state index contributed by atoms with van der Waals surface area (Å²) < 4.78 is 1.15. The van der Waals surface area contributed by atoms with E-state index in [1.54, 1.807) is 0 Å². The predicted molar refractivity (Wildman–Crippen MR) is 62.3 cm³/mol. The van der Waals surface area contributed by atoms with E-state index in [1.165, 1.54) is 11.1 Å². The van der Waals surface area contributed by atoms with E-state index in [-0.39, 0.29) is 5.92 Å². The summed E-state index contributed by atoms with van der Waals surface area (Å²) in [5, 5.41) is 8.97. The van der Waals surface area contributed by atoms with Crippen molar-refractivity contribution in [3.8, 4) is 6.07 Å². The summed E-state index contributed by atoms with van der Waals surface area (Å²) in [7, 11) is 0. The zero-order chi connectivity index (χ0) is 10.7. The molecule has 0 saturated heterocycles. The first-order chi connectivity index (χ1) is 6.60. The molecule has 0 aliphatic rings. The number of aryl methyl sites for hydroxylation is 2. The van der Waals surface area contributed by atoms with Crippen LogP contribution in [0.1, 0.15) is 36.0 Å². The highest BCUT2D eigenvalue weighted by molar-refractivity contribution is 9.10. The number of nitrogens with zero attached hydrogens (tertiary/aromatic N) is 1. The van der Waals surface area contributed by atoms with Gasteiger partial charge < -0.3 is 0 Å². The largest absolute Gasteiger partial charge is 0.198 e. The molecule has 2 heteroatoms. The van der Waals surface area contributed by atoms with Gasteiger partial charge in [-0.25, -0.2) is 0 Å². The first kappa shape index (κ1) is 11.3. The minimum absolute atomic E-state index is 0.0282. The van der Waals surface area contributed by atoms with E-state index in [0.29, 0.717) is 0 Å². The van der Waals surface area contributed by atoms with Crippen LogP contribution >= 0.6 is 15.9 Å². The van der Waals surface area contributed by atoms with Crippen LogP contribution in [0, 0.1) is 25.2 Å². The fourth-order valence-corrected chi connectivity index (χ4v) is 1.81.